The second kappa shape index (κ2) is 6.45. The fourth-order valence-electron chi connectivity index (χ4n) is 2.60. The number of hydrogen-bond acceptors (Lipinski definition) is 7. The maximum atomic E-state index is 12.6. The number of rotatable bonds is 3. The molecule has 9 heteroatoms. The first-order valence-electron chi connectivity index (χ1n) is 7.35. The molecule has 0 bridgehead atoms. The van der Waals surface area contributed by atoms with Crippen LogP contribution in [0.4, 0.5) is 5.13 Å². The van der Waals surface area contributed by atoms with Crippen molar-refractivity contribution in [1.82, 2.24) is 20.0 Å². The van der Waals surface area contributed by atoms with Crippen molar-refractivity contribution in [3.8, 4) is 0 Å². The molecule has 0 spiro atoms. The van der Waals surface area contributed by atoms with Gasteiger partial charge in [0.05, 0.1) is 0 Å². The summed E-state index contributed by atoms with van der Waals surface area (Å²) in [4.78, 5) is 33.8. The second-order valence-electron chi connectivity index (χ2n) is 5.48. The van der Waals surface area contributed by atoms with Crippen molar-refractivity contribution in [3.05, 3.63) is 22.8 Å². The predicted molar refractivity (Wildman–Crippen MR) is 83.3 cm³/mol. The summed E-state index contributed by atoms with van der Waals surface area (Å²) in [6.07, 6.45) is 1.81. The highest BCUT2D eigenvalue weighted by atomic mass is 32.1. The summed E-state index contributed by atoms with van der Waals surface area (Å²) in [6.45, 7) is 4.38. The van der Waals surface area contributed by atoms with Crippen LogP contribution < -0.4 is 5.32 Å². The van der Waals surface area contributed by atoms with E-state index in [0.717, 1.165) is 12.8 Å². The van der Waals surface area contributed by atoms with Gasteiger partial charge in [0.25, 0.3) is 5.91 Å². The van der Waals surface area contributed by atoms with Crippen LogP contribution in [0.2, 0.25) is 0 Å². The van der Waals surface area contributed by atoms with Crippen molar-refractivity contribution in [2.45, 2.75) is 32.6 Å². The lowest BCUT2D eigenvalue weighted by Crippen LogP contribution is -2.39. The van der Waals surface area contributed by atoms with Crippen LogP contribution >= 0.6 is 11.3 Å². The first-order chi connectivity index (χ1) is 11.0. The van der Waals surface area contributed by atoms with Crippen LogP contribution in [0.15, 0.2) is 9.90 Å². The standard InChI is InChI=1S/C14H17N5O3S/c1-8(20)15-14-17-11(7-23-14)13(21)19-5-3-4-10(6-19)12-16-9(2)22-18-12/h7,10H,3-6H2,1-2H3,(H,15,17,20)/t10-/m0/s1. The van der Waals surface area contributed by atoms with E-state index in [-0.39, 0.29) is 17.7 Å². The summed E-state index contributed by atoms with van der Waals surface area (Å²) in [5.41, 5.74) is 0.351. The van der Waals surface area contributed by atoms with Gasteiger partial charge in [0.1, 0.15) is 5.69 Å². The maximum Gasteiger partial charge on any atom is 0.273 e. The molecule has 0 unspecified atom stereocenters. The molecule has 0 aliphatic carbocycles. The van der Waals surface area contributed by atoms with Gasteiger partial charge in [-0.25, -0.2) is 4.98 Å². The number of carbonyl (C=O) groups is 2. The van der Waals surface area contributed by atoms with E-state index in [9.17, 15) is 9.59 Å². The average Bonchev–Trinajstić information content (AvgIpc) is 3.15. The number of aromatic nitrogens is 3. The summed E-state index contributed by atoms with van der Waals surface area (Å²) >= 11 is 1.24. The van der Waals surface area contributed by atoms with Gasteiger partial charge in [0, 0.05) is 38.2 Å². The monoisotopic (exact) mass is 335 g/mol. The molecule has 1 atom stereocenters. The molecule has 1 aliphatic heterocycles. The fraction of sp³-hybridized carbons (Fsp3) is 0.500. The van der Waals surface area contributed by atoms with E-state index in [1.165, 1.54) is 18.3 Å². The Bertz CT molecular complexity index is 726. The Kier molecular flexibility index (Phi) is 4.37. The molecule has 2 aromatic heterocycles. The molecule has 0 radical (unpaired) electrons. The quantitative estimate of drug-likeness (QED) is 0.918. The minimum absolute atomic E-state index is 0.0820. The number of likely N-dealkylation sites (tertiary alicyclic amines) is 1. The predicted octanol–water partition coefficient (Wildman–Crippen LogP) is 1.81. The maximum absolute atomic E-state index is 12.6. The van der Waals surface area contributed by atoms with Crippen LogP contribution in [0.5, 0.6) is 0 Å². The normalized spacial score (nSPS) is 18.0. The number of thiazole rings is 1. The van der Waals surface area contributed by atoms with Crippen molar-refractivity contribution < 1.29 is 14.1 Å². The molecule has 1 N–H and O–H groups in total. The third kappa shape index (κ3) is 3.55. The number of nitrogens with one attached hydrogen (secondary N) is 1. The van der Waals surface area contributed by atoms with E-state index in [1.807, 2.05) is 0 Å². The Balaban J connectivity index is 1.69. The zero-order valence-electron chi connectivity index (χ0n) is 12.9. The molecule has 23 heavy (non-hydrogen) atoms. The Labute approximate surface area is 136 Å². The van der Waals surface area contributed by atoms with Gasteiger partial charge in [0.15, 0.2) is 11.0 Å². The van der Waals surface area contributed by atoms with Gasteiger partial charge in [-0.15, -0.1) is 11.3 Å². The molecule has 3 rings (SSSR count). The molecule has 3 heterocycles. The Morgan fingerprint density at radius 2 is 2.26 bits per heavy atom. The summed E-state index contributed by atoms with van der Waals surface area (Å²) in [5.74, 6) is 0.922. The van der Waals surface area contributed by atoms with Crippen molar-refractivity contribution in [3.63, 3.8) is 0 Å². The third-order valence-electron chi connectivity index (χ3n) is 3.62. The highest BCUT2D eigenvalue weighted by Gasteiger charge is 2.29. The Morgan fingerprint density at radius 3 is 2.96 bits per heavy atom. The van der Waals surface area contributed by atoms with Crippen LogP contribution in [0.25, 0.3) is 0 Å². The highest BCUT2D eigenvalue weighted by Crippen LogP contribution is 2.26. The fourth-order valence-corrected chi connectivity index (χ4v) is 3.33. The van der Waals surface area contributed by atoms with Crippen molar-refractivity contribution >= 4 is 28.3 Å². The Hall–Kier alpha value is -2.29. The largest absolute Gasteiger partial charge is 0.340 e. The molecule has 1 fully saturated rings. The molecule has 0 saturated carbocycles. The minimum atomic E-state index is -0.205. The Morgan fingerprint density at radius 1 is 1.43 bits per heavy atom. The van der Waals surface area contributed by atoms with Gasteiger partial charge in [-0.05, 0) is 12.8 Å². The van der Waals surface area contributed by atoms with Gasteiger partial charge in [0.2, 0.25) is 11.8 Å². The van der Waals surface area contributed by atoms with Gasteiger partial charge in [-0.3, -0.25) is 9.59 Å². The summed E-state index contributed by atoms with van der Waals surface area (Å²) in [5, 5.41) is 8.64. The molecule has 122 valence electrons. The molecule has 1 saturated heterocycles. The molecule has 2 aromatic rings. The van der Waals surface area contributed by atoms with Crippen LogP contribution in [0, 0.1) is 6.92 Å². The number of anilines is 1. The van der Waals surface area contributed by atoms with E-state index in [1.54, 1.807) is 17.2 Å². The number of nitrogens with zero attached hydrogens (tertiary/aromatic N) is 4. The highest BCUT2D eigenvalue weighted by molar-refractivity contribution is 7.14. The first kappa shape index (κ1) is 15.6. The lowest BCUT2D eigenvalue weighted by molar-refractivity contribution is -0.114. The zero-order valence-corrected chi connectivity index (χ0v) is 13.7. The molecule has 2 amide bonds. The van der Waals surface area contributed by atoms with E-state index in [0.29, 0.717) is 35.6 Å². The van der Waals surface area contributed by atoms with Crippen molar-refractivity contribution in [2.75, 3.05) is 18.4 Å². The van der Waals surface area contributed by atoms with Crippen molar-refractivity contribution in [2.24, 2.45) is 0 Å². The smallest absolute Gasteiger partial charge is 0.273 e. The van der Waals surface area contributed by atoms with E-state index in [2.05, 4.69) is 20.4 Å². The van der Waals surface area contributed by atoms with E-state index in [4.69, 9.17) is 4.52 Å². The lowest BCUT2D eigenvalue weighted by atomic mass is 9.97. The minimum Gasteiger partial charge on any atom is -0.340 e. The summed E-state index contributed by atoms with van der Waals surface area (Å²) < 4.78 is 5.02. The molecule has 1 aliphatic rings. The third-order valence-corrected chi connectivity index (χ3v) is 4.38. The van der Waals surface area contributed by atoms with Crippen molar-refractivity contribution in [1.29, 1.82) is 0 Å². The van der Waals surface area contributed by atoms with Crippen LogP contribution in [-0.4, -0.2) is 44.9 Å². The number of carbonyl (C=O) groups excluding carboxylic acids is 2. The van der Waals surface area contributed by atoms with E-state index >= 15 is 0 Å². The van der Waals surface area contributed by atoms with Crippen LogP contribution in [-0.2, 0) is 4.79 Å². The topological polar surface area (TPSA) is 101 Å². The van der Waals surface area contributed by atoms with Gasteiger partial charge >= 0.3 is 0 Å². The molecular formula is C14H17N5O3S. The molecular weight excluding hydrogens is 318 g/mol. The first-order valence-corrected chi connectivity index (χ1v) is 8.23. The SMILES string of the molecule is CC(=O)Nc1nc(C(=O)N2CCC[C@H](c3noc(C)n3)C2)cs1. The number of hydrogen-bond donors (Lipinski definition) is 1. The zero-order chi connectivity index (χ0) is 16.4. The number of piperidine rings is 1. The van der Waals surface area contributed by atoms with Crippen LogP contribution in [0.1, 0.15) is 47.9 Å². The molecule has 8 nitrogen and oxygen atoms in total. The van der Waals surface area contributed by atoms with Gasteiger partial charge in [-0.2, -0.15) is 4.98 Å². The lowest BCUT2D eigenvalue weighted by Gasteiger charge is -2.30. The van der Waals surface area contributed by atoms with Gasteiger partial charge < -0.3 is 14.7 Å². The summed E-state index contributed by atoms with van der Waals surface area (Å²) in [7, 11) is 0. The van der Waals surface area contributed by atoms with Gasteiger partial charge in [-0.1, -0.05) is 5.16 Å². The number of amides is 2. The summed E-state index contributed by atoms with van der Waals surface area (Å²) in [6, 6.07) is 0. The van der Waals surface area contributed by atoms with Crippen LogP contribution in [0.3, 0.4) is 0 Å². The second-order valence-corrected chi connectivity index (χ2v) is 6.34. The number of aryl methyl sites for hydroxylation is 1. The average molecular weight is 335 g/mol. The molecule has 0 aromatic carbocycles. The van der Waals surface area contributed by atoms with E-state index < -0.39 is 0 Å².